The Labute approximate surface area is 207 Å². The van der Waals surface area contributed by atoms with Gasteiger partial charge in [0.2, 0.25) is 0 Å². The number of benzene rings is 3. The van der Waals surface area contributed by atoms with E-state index in [2.05, 4.69) is 0 Å². The van der Waals surface area contributed by atoms with E-state index >= 15 is 0 Å². The fourth-order valence-electron chi connectivity index (χ4n) is 4.65. The summed E-state index contributed by atoms with van der Waals surface area (Å²) in [6, 6.07) is 17.4. The lowest BCUT2D eigenvalue weighted by Crippen LogP contribution is -2.29. The minimum atomic E-state index is -0.963. The highest BCUT2D eigenvalue weighted by Gasteiger charge is 2.48. The van der Waals surface area contributed by atoms with Crippen molar-refractivity contribution in [1.82, 2.24) is 0 Å². The molecule has 1 unspecified atom stereocenters. The number of amides is 1. The summed E-state index contributed by atoms with van der Waals surface area (Å²) in [6.07, 6.45) is 0.688. The Hall–Kier alpha value is -4.59. The van der Waals surface area contributed by atoms with Crippen molar-refractivity contribution in [3.63, 3.8) is 0 Å². The van der Waals surface area contributed by atoms with Gasteiger partial charge in [-0.1, -0.05) is 18.2 Å². The summed E-state index contributed by atoms with van der Waals surface area (Å²) in [4.78, 5) is 40.0. The number of methoxy groups -OCH3 is 2. The molecule has 8 nitrogen and oxygen atoms in total. The van der Waals surface area contributed by atoms with Crippen LogP contribution in [0.2, 0.25) is 0 Å². The summed E-state index contributed by atoms with van der Waals surface area (Å²) in [5.41, 5.74) is 2.48. The molecular formula is C28H23NO7. The molecule has 1 atom stereocenters. The Morgan fingerprint density at radius 2 is 1.72 bits per heavy atom. The number of esters is 1. The maximum absolute atomic E-state index is 13.4. The Morgan fingerprint density at radius 3 is 2.44 bits per heavy atom. The number of hydrogen-bond acceptors (Lipinski definition) is 7. The molecule has 1 amide bonds. The molecule has 0 aromatic heterocycles. The van der Waals surface area contributed by atoms with Crippen LogP contribution in [0.3, 0.4) is 0 Å². The van der Waals surface area contributed by atoms with Gasteiger partial charge in [-0.15, -0.1) is 0 Å². The maximum Gasteiger partial charge on any atom is 0.337 e. The van der Waals surface area contributed by atoms with Gasteiger partial charge >= 0.3 is 5.97 Å². The molecule has 0 saturated carbocycles. The van der Waals surface area contributed by atoms with Crippen molar-refractivity contribution < 1.29 is 33.7 Å². The second-order valence-electron chi connectivity index (χ2n) is 8.37. The van der Waals surface area contributed by atoms with Crippen molar-refractivity contribution in [1.29, 1.82) is 0 Å². The molecule has 0 aliphatic carbocycles. The molecule has 0 bridgehead atoms. The topological polar surface area (TPSA) is 102 Å². The Kier molecular flexibility index (Phi) is 5.93. The third-order valence-corrected chi connectivity index (χ3v) is 6.41. The summed E-state index contributed by atoms with van der Waals surface area (Å²) >= 11 is 0. The number of carbonyl (C=O) groups is 3. The van der Waals surface area contributed by atoms with Crippen LogP contribution in [0.5, 0.6) is 11.5 Å². The van der Waals surface area contributed by atoms with Crippen LogP contribution in [-0.2, 0) is 20.7 Å². The first kappa shape index (κ1) is 23.2. The molecular weight excluding hydrogens is 462 g/mol. The predicted octanol–water partition coefficient (Wildman–Crippen LogP) is 4.04. The van der Waals surface area contributed by atoms with E-state index < -0.39 is 23.7 Å². The van der Waals surface area contributed by atoms with Crippen molar-refractivity contribution in [2.75, 3.05) is 25.7 Å². The molecule has 2 aliphatic rings. The van der Waals surface area contributed by atoms with Gasteiger partial charge in [-0.2, -0.15) is 0 Å². The summed E-state index contributed by atoms with van der Waals surface area (Å²) in [5, 5.41) is 11.4. The Morgan fingerprint density at radius 1 is 1.00 bits per heavy atom. The third-order valence-electron chi connectivity index (χ3n) is 6.41. The fraction of sp³-hybridized carbons (Fsp3) is 0.179. The van der Waals surface area contributed by atoms with Gasteiger partial charge in [0, 0.05) is 23.2 Å². The highest BCUT2D eigenvalue weighted by atomic mass is 16.5. The monoisotopic (exact) mass is 485 g/mol. The molecule has 182 valence electrons. The zero-order chi connectivity index (χ0) is 25.4. The van der Waals surface area contributed by atoms with Crippen LogP contribution in [0.1, 0.15) is 33.1 Å². The largest absolute Gasteiger partial charge is 0.507 e. The molecule has 1 saturated heterocycles. The van der Waals surface area contributed by atoms with Crippen molar-refractivity contribution in [2.24, 2.45) is 0 Å². The van der Waals surface area contributed by atoms with E-state index in [1.54, 1.807) is 54.6 Å². The average molecular weight is 485 g/mol. The van der Waals surface area contributed by atoms with Crippen LogP contribution < -0.4 is 14.4 Å². The number of hydrogen-bond donors (Lipinski definition) is 1. The summed E-state index contributed by atoms with van der Waals surface area (Å²) < 4.78 is 15.8. The Bertz CT molecular complexity index is 1410. The molecule has 2 heterocycles. The molecule has 0 spiro atoms. The van der Waals surface area contributed by atoms with E-state index in [1.165, 1.54) is 31.3 Å². The first-order valence-corrected chi connectivity index (χ1v) is 11.3. The van der Waals surface area contributed by atoms with Gasteiger partial charge in [0.1, 0.15) is 17.3 Å². The van der Waals surface area contributed by atoms with E-state index in [-0.39, 0.29) is 11.3 Å². The number of fused-ring (bicyclic) bond motifs is 1. The van der Waals surface area contributed by atoms with E-state index in [1.807, 2.05) is 0 Å². The zero-order valence-electron chi connectivity index (χ0n) is 19.7. The number of aliphatic hydroxyl groups is 1. The smallest absolute Gasteiger partial charge is 0.337 e. The number of ketones is 1. The number of aliphatic hydroxyl groups excluding tert-OH is 1. The molecule has 1 fully saturated rings. The normalized spacial score (nSPS) is 18.1. The molecule has 36 heavy (non-hydrogen) atoms. The molecule has 1 N–H and O–H groups in total. The molecule has 3 aromatic rings. The van der Waals surface area contributed by atoms with Gasteiger partial charge in [-0.25, -0.2) is 4.79 Å². The predicted molar refractivity (Wildman–Crippen MR) is 131 cm³/mol. The minimum Gasteiger partial charge on any atom is -0.507 e. The highest BCUT2D eigenvalue weighted by molar-refractivity contribution is 6.51. The van der Waals surface area contributed by atoms with Crippen molar-refractivity contribution in [2.45, 2.75) is 12.5 Å². The van der Waals surface area contributed by atoms with Crippen LogP contribution in [0, 0.1) is 0 Å². The lowest BCUT2D eigenvalue weighted by Gasteiger charge is -2.26. The standard InChI is InChI=1S/C28H23NO7/c1-34-22-6-4-3-5-20(22)24-23(25(30)18-9-12-21-17(15-18)13-14-36-21)26(31)27(32)29(24)19-10-7-16(8-11-19)28(33)35-2/h3-12,15,24,30H,13-14H2,1-2H3/b25-23+. The maximum atomic E-state index is 13.4. The number of anilines is 1. The number of para-hydroxylation sites is 1. The van der Waals surface area contributed by atoms with Crippen LogP contribution in [-0.4, -0.2) is 43.6 Å². The van der Waals surface area contributed by atoms with Crippen molar-refractivity contribution >= 4 is 29.1 Å². The van der Waals surface area contributed by atoms with Crippen molar-refractivity contribution in [3.05, 3.63) is 94.6 Å². The number of carbonyl (C=O) groups excluding carboxylic acids is 3. The minimum absolute atomic E-state index is 0.0552. The van der Waals surface area contributed by atoms with E-state index in [4.69, 9.17) is 14.2 Å². The number of rotatable bonds is 5. The highest BCUT2D eigenvalue weighted by Crippen LogP contribution is 2.45. The van der Waals surface area contributed by atoms with E-state index in [0.29, 0.717) is 41.2 Å². The number of Topliss-reactive ketones (excluding diaryl/α,β-unsaturated/α-hetero) is 1. The first-order valence-electron chi connectivity index (χ1n) is 11.3. The van der Waals surface area contributed by atoms with Gasteiger partial charge in [-0.05, 0) is 54.1 Å². The van der Waals surface area contributed by atoms with Gasteiger partial charge in [0.15, 0.2) is 0 Å². The van der Waals surface area contributed by atoms with Gasteiger partial charge < -0.3 is 19.3 Å². The lowest BCUT2D eigenvalue weighted by atomic mass is 9.93. The zero-order valence-corrected chi connectivity index (χ0v) is 19.7. The van der Waals surface area contributed by atoms with Crippen molar-refractivity contribution in [3.8, 4) is 11.5 Å². The molecule has 5 rings (SSSR count). The number of nitrogens with zero attached hydrogens (tertiary/aromatic N) is 1. The van der Waals surface area contributed by atoms with Crippen LogP contribution in [0.15, 0.2) is 72.3 Å². The van der Waals surface area contributed by atoms with Gasteiger partial charge in [-0.3, -0.25) is 14.5 Å². The SMILES string of the molecule is COC(=O)c1ccc(N2C(=O)C(=O)/C(=C(/O)c3ccc4c(c3)CCO4)C2c2ccccc2OC)cc1. The second-order valence-corrected chi connectivity index (χ2v) is 8.37. The van der Waals surface area contributed by atoms with E-state index in [9.17, 15) is 19.5 Å². The lowest BCUT2D eigenvalue weighted by molar-refractivity contribution is -0.132. The van der Waals surface area contributed by atoms with Gasteiger partial charge in [0.25, 0.3) is 11.7 Å². The van der Waals surface area contributed by atoms with Crippen LogP contribution in [0.4, 0.5) is 5.69 Å². The molecule has 3 aromatic carbocycles. The quantitative estimate of drug-likeness (QED) is 0.252. The molecule has 8 heteroatoms. The summed E-state index contributed by atoms with van der Waals surface area (Å²) in [5.74, 6) is -1.24. The summed E-state index contributed by atoms with van der Waals surface area (Å²) in [7, 11) is 2.78. The Balaban J connectivity index is 1.69. The third kappa shape index (κ3) is 3.76. The average Bonchev–Trinajstić information content (AvgIpc) is 3.49. The molecule has 0 radical (unpaired) electrons. The first-order chi connectivity index (χ1) is 17.4. The second kappa shape index (κ2) is 9.22. The van der Waals surface area contributed by atoms with Gasteiger partial charge in [0.05, 0.1) is 38.0 Å². The summed E-state index contributed by atoms with van der Waals surface area (Å²) in [6.45, 7) is 0.548. The fourth-order valence-corrected chi connectivity index (χ4v) is 4.65. The van der Waals surface area contributed by atoms with E-state index in [0.717, 1.165) is 11.3 Å². The van der Waals surface area contributed by atoms with Crippen LogP contribution in [0.25, 0.3) is 5.76 Å². The molecule has 2 aliphatic heterocycles. The van der Waals surface area contributed by atoms with Crippen LogP contribution >= 0.6 is 0 Å². The number of ether oxygens (including phenoxy) is 3.